The molecule has 0 aromatic heterocycles. The molecule has 1 aromatic carbocycles. The normalized spacial score (nSPS) is 27.0. The highest BCUT2D eigenvalue weighted by Gasteiger charge is 2.57. The van der Waals surface area contributed by atoms with E-state index in [2.05, 4.69) is 0 Å². The van der Waals surface area contributed by atoms with Gasteiger partial charge in [-0.2, -0.15) is 13.2 Å². The first-order valence-corrected chi connectivity index (χ1v) is 5.28. The van der Waals surface area contributed by atoms with Crippen LogP contribution in [0.5, 0.6) is 0 Å². The molecule has 0 spiro atoms. The average molecular weight is 247 g/mol. The molecule has 1 aliphatic carbocycles. The summed E-state index contributed by atoms with van der Waals surface area (Å²) in [7, 11) is 0. The Morgan fingerprint density at radius 3 is 2.12 bits per heavy atom. The molecule has 5 heteroatoms. The van der Waals surface area contributed by atoms with Crippen LogP contribution in [0.25, 0.3) is 0 Å². The third kappa shape index (κ3) is 1.92. The Hall–Kier alpha value is -1.10. The molecule has 17 heavy (non-hydrogen) atoms. The molecule has 1 aliphatic rings. The van der Waals surface area contributed by atoms with E-state index in [1.54, 1.807) is 0 Å². The second-order valence-corrected chi connectivity index (χ2v) is 5.06. The van der Waals surface area contributed by atoms with Gasteiger partial charge in [0.15, 0.2) is 0 Å². The zero-order valence-electron chi connectivity index (χ0n) is 9.48. The largest absolute Gasteiger partial charge is 0.416 e. The molecule has 0 unspecified atom stereocenters. The second-order valence-electron chi connectivity index (χ2n) is 5.06. The summed E-state index contributed by atoms with van der Waals surface area (Å²) in [6.07, 6.45) is -4.51. The van der Waals surface area contributed by atoms with Crippen molar-refractivity contribution in [1.29, 1.82) is 0 Å². The summed E-state index contributed by atoms with van der Waals surface area (Å²) in [5.41, 5.74) is 4.84. The van der Waals surface area contributed by atoms with Crippen LogP contribution < -0.4 is 5.73 Å². The number of halogens is 4. The number of benzene rings is 1. The Morgan fingerprint density at radius 1 is 1.24 bits per heavy atom. The van der Waals surface area contributed by atoms with Crippen LogP contribution in [0.4, 0.5) is 17.6 Å². The number of hydrogen-bond acceptors (Lipinski definition) is 1. The summed E-state index contributed by atoms with van der Waals surface area (Å²) < 4.78 is 50.7. The van der Waals surface area contributed by atoms with E-state index in [4.69, 9.17) is 5.73 Å². The van der Waals surface area contributed by atoms with E-state index >= 15 is 0 Å². The van der Waals surface area contributed by atoms with Crippen molar-refractivity contribution in [3.8, 4) is 0 Å². The first-order chi connectivity index (χ1) is 7.65. The van der Waals surface area contributed by atoms with Crippen LogP contribution in [-0.2, 0) is 6.18 Å². The summed E-state index contributed by atoms with van der Waals surface area (Å²) in [5, 5.41) is 0. The Balaban J connectivity index is 2.35. The van der Waals surface area contributed by atoms with Crippen molar-refractivity contribution in [2.75, 3.05) is 0 Å². The van der Waals surface area contributed by atoms with E-state index < -0.39 is 17.6 Å². The van der Waals surface area contributed by atoms with Crippen LogP contribution in [0, 0.1) is 11.2 Å². The highest BCUT2D eigenvalue weighted by Crippen LogP contribution is 2.57. The van der Waals surface area contributed by atoms with Gasteiger partial charge >= 0.3 is 6.18 Å². The van der Waals surface area contributed by atoms with Crippen LogP contribution in [0.15, 0.2) is 18.2 Å². The number of nitrogens with two attached hydrogens (primary N) is 1. The van der Waals surface area contributed by atoms with E-state index in [0.717, 1.165) is 6.07 Å². The second kappa shape index (κ2) is 3.45. The molecule has 0 heterocycles. The van der Waals surface area contributed by atoms with E-state index in [9.17, 15) is 17.6 Å². The molecule has 0 amide bonds. The topological polar surface area (TPSA) is 26.0 Å². The van der Waals surface area contributed by atoms with E-state index in [0.29, 0.717) is 6.07 Å². The van der Waals surface area contributed by atoms with Gasteiger partial charge < -0.3 is 5.73 Å². The fourth-order valence-electron chi connectivity index (χ4n) is 2.23. The van der Waals surface area contributed by atoms with Gasteiger partial charge in [-0.1, -0.05) is 19.9 Å². The summed E-state index contributed by atoms with van der Waals surface area (Å²) in [5.74, 6) is -1.03. The lowest BCUT2D eigenvalue weighted by Crippen LogP contribution is -2.07. The molecule has 0 radical (unpaired) electrons. The zero-order chi connectivity index (χ0) is 13.0. The summed E-state index contributed by atoms with van der Waals surface area (Å²) >= 11 is 0. The van der Waals surface area contributed by atoms with Crippen molar-refractivity contribution in [2.24, 2.45) is 11.1 Å². The summed E-state index contributed by atoms with van der Waals surface area (Å²) in [6, 6.07) is 2.43. The molecule has 0 saturated heterocycles. The first-order valence-electron chi connectivity index (χ1n) is 5.28. The minimum absolute atomic E-state index is 0.200. The molecule has 1 fully saturated rings. The molecule has 1 saturated carbocycles. The predicted molar refractivity (Wildman–Crippen MR) is 55.9 cm³/mol. The van der Waals surface area contributed by atoms with Gasteiger partial charge in [0.05, 0.1) is 5.56 Å². The highest BCUT2D eigenvalue weighted by molar-refractivity contribution is 5.37. The van der Waals surface area contributed by atoms with Crippen LogP contribution >= 0.6 is 0 Å². The predicted octanol–water partition coefficient (Wildman–Crippen LogP) is 3.30. The minimum Gasteiger partial charge on any atom is -0.327 e. The Morgan fingerprint density at radius 2 is 1.76 bits per heavy atom. The standard InChI is InChI=1S/C12H13F4N/c1-11(2)9(10(11)17)7-4-3-6(5-8(7)13)12(14,15)16/h3-5,9-10H,17H2,1-2H3/t9-,10-/m1/s1. The van der Waals surface area contributed by atoms with Gasteiger partial charge in [0.2, 0.25) is 0 Å². The lowest BCUT2D eigenvalue weighted by atomic mass is 10.0. The Bertz CT molecular complexity index is 450. The van der Waals surface area contributed by atoms with Crippen molar-refractivity contribution in [2.45, 2.75) is 32.0 Å². The van der Waals surface area contributed by atoms with Crippen molar-refractivity contribution in [1.82, 2.24) is 0 Å². The van der Waals surface area contributed by atoms with Crippen LogP contribution in [0.2, 0.25) is 0 Å². The first kappa shape index (κ1) is 12.4. The minimum atomic E-state index is -4.51. The lowest BCUT2D eigenvalue weighted by Gasteiger charge is -2.09. The maximum Gasteiger partial charge on any atom is 0.416 e. The number of hydrogen-bond donors (Lipinski definition) is 1. The molecule has 1 aromatic rings. The maximum atomic E-state index is 13.6. The Kier molecular flexibility index (Phi) is 2.51. The molecule has 2 N–H and O–H groups in total. The van der Waals surface area contributed by atoms with E-state index in [1.165, 1.54) is 6.07 Å². The molecule has 0 aliphatic heterocycles. The van der Waals surface area contributed by atoms with Crippen LogP contribution in [0.3, 0.4) is 0 Å². The van der Waals surface area contributed by atoms with Crippen molar-refractivity contribution >= 4 is 0 Å². The van der Waals surface area contributed by atoms with Crippen LogP contribution in [0.1, 0.15) is 30.9 Å². The smallest absolute Gasteiger partial charge is 0.327 e. The van der Waals surface area contributed by atoms with Gasteiger partial charge in [-0.3, -0.25) is 0 Å². The zero-order valence-corrected chi connectivity index (χ0v) is 9.48. The fourth-order valence-corrected chi connectivity index (χ4v) is 2.23. The Labute approximate surface area is 96.6 Å². The molecular weight excluding hydrogens is 234 g/mol. The van der Waals surface area contributed by atoms with Gasteiger partial charge in [0, 0.05) is 12.0 Å². The van der Waals surface area contributed by atoms with Gasteiger partial charge in [-0.25, -0.2) is 4.39 Å². The third-order valence-electron chi connectivity index (χ3n) is 3.57. The highest BCUT2D eigenvalue weighted by atomic mass is 19.4. The summed E-state index contributed by atoms with van der Waals surface area (Å²) in [4.78, 5) is 0. The average Bonchev–Trinajstić information content (AvgIpc) is 2.65. The number of rotatable bonds is 1. The molecule has 2 atom stereocenters. The summed E-state index contributed by atoms with van der Waals surface area (Å²) in [6.45, 7) is 3.75. The van der Waals surface area contributed by atoms with Gasteiger partial charge in [0.1, 0.15) is 5.82 Å². The SMILES string of the molecule is CC1(C)[C@H](N)[C@H]1c1ccc(C(F)(F)F)cc1F. The fraction of sp³-hybridized carbons (Fsp3) is 0.500. The maximum absolute atomic E-state index is 13.6. The lowest BCUT2D eigenvalue weighted by molar-refractivity contribution is -0.137. The van der Waals surface area contributed by atoms with Gasteiger partial charge in [0.25, 0.3) is 0 Å². The van der Waals surface area contributed by atoms with E-state index in [-0.39, 0.29) is 22.9 Å². The monoisotopic (exact) mass is 247 g/mol. The van der Waals surface area contributed by atoms with Gasteiger partial charge in [-0.15, -0.1) is 0 Å². The van der Waals surface area contributed by atoms with Crippen molar-refractivity contribution in [3.05, 3.63) is 35.1 Å². The quantitative estimate of drug-likeness (QED) is 0.757. The van der Waals surface area contributed by atoms with Crippen molar-refractivity contribution in [3.63, 3.8) is 0 Å². The molecule has 1 nitrogen and oxygen atoms in total. The molecule has 2 rings (SSSR count). The number of alkyl halides is 3. The van der Waals surface area contributed by atoms with Crippen LogP contribution in [-0.4, -0.2) is 6.04 Å². The third-order valence-corrected chi connectivity index (χ3v) is 3.57. The van der Waals surface area contributed by atoms with Crippen molar-refractivity contribution < 1.29 is 17.6 Å². The van der Waals surface area contributed by atoms with Gasteiger partial charge in [-0.05, 0) is 23.1 Å². The van der Waals surface area contributed by atoms with E-state index in [1.807, 2.05) is 13.8 Å². The molecule has 94 valence electrons. The molecule has 0 bridgehead atoms. The molecular formula is C12H13F4N.